The lowest BCUT2D eigenvalue weighted by Crippen LogP contribution is -2.20. The molecule has 1 N–H and O–H groups in total. The van der Waals surface area contributed by atoms with Crippen molar-refractivity contribution < 1.29 is 8.78 Å². The van der Waals surface area contributed by atoms with Gasteiger partial charge < -0.3 is 5.32 Å². The monoisotopic (exact) mass is 259 g/mol. The molecule has 0 saturated carbocycles. The minimum atomic E-state index is -0.791. The van der Waals surface area contributed by atoms with Gasteiger partial charge in [0, 0.05) is 6.04 Å². The zero-order chi connectivity index (χ0) is 12.7. The molecule has 0 aliphatic carbocycles. The first-order valence-corrected chi connectivity index (χ1v) is 7.06. The lowest BCUT2D eigenvalue weighted by atomic mass is 10.1. The van der Waals surface area contributed by atoms with Gasteiger partial charge in [-0.1, -0.05) is 13.0 Å². The van der Waals surface area contributed by atoms with E-state index in [1.165, 1.54) is 12.1 Å². The van der Waals surface area contributed by atoms with Crippen LogP contribution in [0.3, 0.4) is 0 Å². The van der Waals surface area contributed by atoms with Gasteiger partial charge in [-0.05, 0) is 49.1 Å². The first-order chi connectivity index (χ1) is 8.15. The van der Waals surface area contributed by atoms with Crippen molar-refractivity contribution in [2.75, 3.05) is 18.1 Å². The molecule has 0 saturated heterocycles. The Morgan fingerprint density at radius 2 is 2.06 bits per heavy atom. The van der Waals surface area contributed by atoms with E-state index in [1.54, 1.807) is 6.07 Å². The molecule has 0 heterocycles. The van der Waals surface area contributed by atoms with E-state index in [-0.39, 0.29) is 6.04 Å². The molecule has 0 bridgehead atoms. The zero-order valence-electron chi connectivity index (χ0n) is 10.3. The lowest BCUT2D eigenvalue weighted by Gasteiger charge is -2.14. The van der Waals surface area contributed by atoms with Crippen LogP contribution in [-0.2, 0) is 0 Å². The summed E-state index contributed by atoms with van der Waals surface area (Å²) in [5.41, 5.74) is 0.784. The predicted octanol–water partition coefficient (Wildman–Crippen LogP) is 3.76. The summed E-state index contributed by atoms with van der Waals surface area (Å²) in [5, 5.41) is 3.30. The average molecular weight is 259 g/mol. The third kappa shape index (κ3) is 5.04. The summed E-state index contributed by atoms with van der Waals surface area (Å²) in [6.07, 6.45) is 1.09. The second kappa shape index (κ2) is 7.67. The van der Waals surface area contributed by atoms with E-state index in [9.17, 15) is 8.78 Å². The Morgan fingerprint density at radius 1 is 1.29 bits per heavy atom. The number of thioether (sulfide) groups is 1. The average Bonchev–Trinajstić information content (AvgIpc) is 2.32. The van der Waals surface area contributed by atoms with Crippen molar-refractivity contribution in [3.8, 4) is 0 Å². The van der Waals surface area contributed by atoms with Crippen LogP contribution in [0, 0.1) is 11.6 Å². The van der Waals surface area contributed by atoms with Gasteiger partial charge in [0.25, 0.3) is 0 Å². The van der Waals surface area contributed by atoms with Crippen LogP contribution in [0.15, 0.2) is 18.2 Å². The Bertz CT molecular complexity index is 344. The van der Waals surface area contributed by atoms with Gasteiger partial charge in [-0.25, -0.2) is 8.78 Å². The van der Waals surface area contributed by atoms with E-state index in [1.807, 2.05) is 18.7 Å². The first kappa shape index (κ1) is 14.5. The molecule has 0 amide bonds. The maximum Gasteiger partial charge on any atom is 0.159 e. The third-order valence-electron chi connectivity index (χ3n) is 2.56. The van der Waals surface area contributed by atoms with Crippen molar-refractivity contribution in [2.45, 2.75) is 26.3 Å². The van der Waals surface area contributed by atoms with Crippen molar-refractivity contribution in [1.29, 1.82) is 0 Å². The van der Waals surface area contributed by atoms with Crippen LogP contribution >= 0.6 is 11.8 Å². The molecule has 1 rings (SSSR count). The first-order valence-electron chi connectivity index (χ1n) is 5.91. The summed E-state index contributed by atoms with van der Waals surface area (Å²) in [7, 11) is 0. The highest BCUT2D eigenvalue weighted by atomic mass is 32.2. The molecule has 4 heteroatoms. The SMILES string of the molecule is CCSCCCNC(C)c1ccc(F)c(F)c1. The normalized spacial score (nSPS) is 12.7. The van der Waals surface area contributed by atoms with Crippen molar-refractivity contribution in [1.82, 2.24) is 5.32 Å². The minimum Gasteiger partial charge on any atom is -0.310 e. The Morgan fingerprint density at radius 3 is 2.71 bits per heavy atom. The van der Waals surface area contributed by atoms with Gasteiger partial charge >= 0.3 is 0 Å². The molecule has 1 aromatic carbocycles. The molecule has 0 radical (unpaired) electrons. The standard InChI is InChI=1S/C13H19F2NS/c1-3-17-8-4-7-16-10(2)11-5-6-12(14)13(15)9-11/h5-6,9-10,16H,3-4,7-8H2,1-2H3. The van der Waals surface area contributed by atoms with Gasteiger partial charge in [0.2, 0.25) is 0 Å². The highest BCUT2D eigenvalue weighted by Gasteiger charge is 2.08. The maximum atomic E-state index is 13.0. The molecule has 1 unspecified atom stereocenters. The summed E-state index contributed by atoms with van der Waals surface area (Å²) < 4.78 is 25.8. The quantitative estimate of drug-likeness (QED) is 0.748. The molecule has 1 aromatic rings. The number of nitrogens with one attached hydrogen (secondary N) is 1. The van der Waals surface area contributed by atoms with Crippen molar-refractivity contribution in [2.24, 2.45) is 0 Å². The summed E-state index contributed by atoms with van der Waals surface area (Å²) >= 11 is 1.91. The fraction of sp³-hybridized carbons (Fsp3) is 0.538. The molecule has 0 fully saturated rings. The third-order valence-corrected chi connectivity index (χ3v) is 3.55. The van der Waals surface area contributed by atoms with Crippen LogP contribution in [0.4, 0.5) is 8.78 Å². The molecular formula is C13H19F2NS. The van der Waals surface area contributed by atoms with Crippen LogP contribution in [0.5, 0.6) is 0 Å². The molecule has 0 aliphatic rings. The molecule has 1 atom stereocenters. The molecule has 0 spiro atoms. The number of benzene rings is 1. The Hall–Kier alpha value is -0.610. The summed E-state index contributed by atoms with van der Waals surface area (Å²) in [6.45, 7) is 4.99. The molecule has 0 aliphatic heterocycles. The van der Waals surface area contributed by atoms with Gasteiger partial charge in [-0.15, -0.1) is 0 Å². The summed E-state index contributed by atoms with van der Waals surface area (Å²) in [6, 6.07) is 4.11. The second-order valence-electron chi connectivity index (χ2n) is 3.90. The fourth-order valence-electron chi connectivity index (χ4n) is 1.54. The van der Waals surface area contributed by atoms with Crippen LogP contribution in [-0.4, -0.2) is 18.1 Å². The van der Waals surface area contributed by atoms with E-state index >= 15 is 0 Å². The van der Waals surface area contributed by atoms with E-state index in [0.717, 1.165) is 30.0 Å². The Kier molecular flexibility index (Phi) is 6.52. The predicted molar refractivity (Wildman–Crippen MR) is 70.4 cm³/mol. The van der Waals surface area contributed by atoms with Crippen LogP contribution in [0.1, 0.15) is 31.9 Å². The topological polar surface area (TPSA) is 12.0 Å². The van der Waals surface area contributed by atoms with Crippen LogP contribution in [0.25, 0.3) is 0 Å². The van der Waals surface area contributed by atoms with E-state index in [2.05, 4.69) is 12.2 Å². The number of hydrogen-bond donors (Lipinski definition) is 1. The highest BCUT2D eigenvalue weighted by Crippen LogP contribution is 2.15. The maximum absolute atomic E-state index is 13.0. The molecule has 17 heavy (non-hydrogen) atoms. The zero-order valence-corrected chi connectivity index (χ0v) is 11.1. The van der Waals surface area contributed by atoms with Gasteiger partial charge in [0.05, 0.1) is 0 Å². The van der Waals surface area contributed by atoms with E-state index in [4.69, 9.17) is 0 Å². The van der Waals surface area contributed by atoms with E-state index < -0.39 is 11.6 Å². The van der Waals surface area contributed by atoms with Crippen LogP contribution in [0.2, 0.25) is 0 Å². The van der Waals surface area contributed by atoms with E-state index in [0.29, 0.717) is 0 Å². The van der Waals surface area contributed by atoms with Gasteiger partial charge in [0.1, 0.15) is 0 Å². The van der Waals surface area contributed by atoms with Crippen molar-refractivity contribution >= 4 is 11.8 Å². The van der Waals surface area contributed by atoms with Crippen LogP contribution < -0.4 is 5.32 Å². The largest absolute Gasteiger partial charge is 0.310 e. The second-order valence-corrected chi connectivity index (χ2v) is 5.29. The Labute approximate surface area is 106 Å². The van der Waals surface area contributed by atoms with Gasteiger partial charge in [-0.3, -0.25) is 0 Å². The minimum absolute atomic E-state index is 0.0525. The smallest absolute Gasteiger partial charge is 0.159 e. The fourth-order valence-corrected chi connectivity index (χ4v) is 2.17. The van der Waals surface area contributed by atoms with Gasteiger partial charge in [0.15, 0.2) is 11.6 Å². The van der Waals surface area contributed by atoms with Crippen molar-refractivity contribution in [3.05, 3.63) is 35.4 Å². The van der Waals surface area contributed by atoms with Gasteiger partial charge in [-0.2, -0.15) is 11.8 Å². The van der Waals surface area contributed by atoms with Crippen molar-refractivity contribution in [3.63, 3.8) is 0 Å². The molecule has 0 aromatic heterocycles. The number of halogens is 2. The number of rotatable bonds is 7. The summed E-state index contributed by atoms with van der Waals surface area (Å²) in [4.78, 5) is 0. The Balaban J connectivity index is 2.36. The summed E-state index contributed by atoms with van der Waals surface area (Å²) in [5.74, 6) is 0.699. The number of hydrogen-bond acceptors (Lipinski definition) is 2. The molecular weight excluding hydrogens is 240 g/mol. The molecule has 1 nitrogen and oxygen atoms in total. The molecule has 96 valence electrons. The lowest BCUT2D eigenvalue weighted by molar-refractivity contribution is 0.501. The highest BCUT2D eigenvalue weighted by molar-refractivity contribution is 7.99.